The minimum absolute atomic E-state index is 0.109. The Morgan fingerprint density at radius 2 is 1.95 bits per heavy atom. The SMILES string of the molecule is COC(=O)C(C)c1ccc2cc(OC)ccc2c1O. The summed E-state index contributed by atoms with van der Waals surface area (Å²) in [6.45, 7) is 1.70. The fourth-order valence-electron chi connectivity index (χ4n) is 2.09. The minimum atomic E-state index is -0.503. The number of fused-ring (bicyclic) bond motifs is 1. The molecule has 0 aromatic heterocycles. The third-order valence-corrected chi connectivity index (χ3v) is 3.25. The maximum atomic E-state index is 11.5. The second kappa shape index (κ2) is 5.18. The lowest BCUT2D eigenvalue weighted by atomic mass is 9.96. The average molecular weight is 260 g/mol. The van der Waals surface area contributed by atoms with Crippen LogP contribution in [0.15, 0.2) is 30.3 Å². The monoisotopic (exact) mass is 260 g/mol. The van der Waals surface area contributed by atoms with Gasteiger partial charge in [0.2, 0.25) is 0 Å². The van der Waals surface area contributed by atoms with Crippen LogP contribution in [0, 0.1) is 0 Å². The summed E-state index contributed by atoms with van der Waals surface area (Å²) in [6.07, 6.45) is 0. The Morgan fingerprint density at radius 1 is 1.21 bits per heavy atom. The molecule has 0 radical (unpaired) electrons. The first kappa shape index (κ1) is 13.2. The summed E-state index contributed by atoms with van der Waals surface area (Å²) < 4.78 is 9.84. The van der Waals surface area contributed by atoms with E-state index in [0.29, 0.717) is 10.9 Å². The first-order chi connectivity index (χ1) is 9.08. The van der Waals surface area contributed by atoms with Crippen LogP contribution in [0.2, 0.25) is 0 Å². The third kappa shape index (κ3) is 2.34. The van der Waals surface area contributed by atoms with Crippen LogP contribution in [0.3, 0.4) is 0 Å². The van der Waals surface area contributed by atoms with Gasteiger partial charge < -0.3 is 14.6 Å². The molecule has 4 heteroatoms. The predicted molar refractivity (Wildman–Crippen MR) is 72.6 cm³/mol. The topological polar surface area (TPSA) is 55.8 Å². The Morgan fingerprint density at radius 3 is 2.58 bits per heavy atom. The van der Waals surface area contributed by atoms with Gasteiger partial charge in [-0.3, -0.25) is 4.79 Å². The van der Waals surface area contributed by atoms with E-state index in [-0.39, 0.29) is 11.7 Å². The molecule has 0 aliphatic heterocycles. The molecule has 4 nitrogen and oxygen atoms in total. The lowest BCUT2D eigenvalue weighted by Crippen LogP contribution is -2.10. The number of ether oxygens (including phenoxy) is 2. The molecule has 0 spiro atoms. The first-order valence-corrected chi connectivity index (χ1v) is 5.96. The van der Waals surface area contributed by atoms with Crippen LogP contribution in [0.1, 0.15) is 18.4 Å². The summed E-state index contributed by atoms with van der Waals surface area (Å²) in [5.41, 5.74) is 0.560. The van der Waals surface area contributed by atoms with Crippen molar-refractivity contribution in [2.75, 3.05) is 14.2 Å². The minimum Gasteiger partial charge on any atom is -0.507 e. The molecule has 2 rings (SSSR count). The Bertz CT molecular complexity index is 619. The molecular formula is C15H16O4. The van der Waals surface area contributed by atoms with Gasteiger partial charge >= 0.3 is 5.97 Å². The first-order valence-electron chi connectivity index (χ1n) is 5.96. The van der Waals surface area contributed by atoms with E-state index in [1.54, 1.807) is 32.2 Å². The molecule has 0 amide bonds. The van der Waals surface area contributed by atoms with Crippen molar-refractivity contribution < 1.29 is 19.4 Å². The largest absolute Gasteiger partial charge is 0.507 e. The number of aromatic hydroxyl groups is 1. The second-order valence-corrected chi connectivity index (χ2v) is 4.34. The molecule has 1 N–H and O–H groups in total. The van der Waals surface area contributed by atoms with Crippen molar-refractivity contribution in [1.29, 1.82) is 0 Å². The van der Waals surface area contributed by atoms with Crippen molar-refractivity contribution in [3.8, 4) is 11.5 Å². The zero-order chi connectivity index (χ0) is 14.0. The molecule has 19 heavy (non-hydrogen) atoms. The van der Waals surface area contributed by atoms with E-state index in [4.69, 9.17) is 9.47 Å². The maximum Gasteiger partial charge on any atom is 0.312 e. The van der Waals surface area contributed by atoms with Gasteiger partial charge in [0.05, 0.1) is 20.1 Å². The fraction of sp³-hybridized carbons (Fsp3) is 0.267. The van der Waals surface area contributed by atoms with E-state index in [0.717, 1.165) is 11.1 Å². The van der Waals surface area contributed by atoms with E-state index < -0.39 is 5.92 Å². The molecule has 0 aliphatic rings. The number of carbonyl (C=O) groups is 1. The van der Waals surface area contributed by atoms with Crippen LogP contribution in [0.4, 0.5) is 0 Å². The summed E-state index contributed by atoms with van der Waals surface area (Å²) >= 11 is 0. The predicted octanol–water partition coefficient (Wildman–Crippen LogP) is 2.83. The summed E-state index contributed by atoms with van der Waals surface area (Å²) in [6, 6.07) is 8.97. The number of hydrogen-bond donors (Lipinski definition) is 1. The van der Waals surface area contributed by atoms with Crippen LogP contribution >= 0.6 is 0 Å². The van der Waals surface area contributed by atoms with Gasteiger partial charge in [0.1, 0.15) is 11.5 Å². The number of benzene rings is 2. The zero-order valence-corrected chi connectivity index (χ0v) is 11.1. The highest BCUT2D eigenvalue weighted by Gasteiger charge is 2.20. The Hall–Kier alpha value is -2.23. The lowest BCUT2D eigenvalue weighted by Gasteiger charge is -2.13. The summed E-state index contributed by atoms with van der Waals surface area (Å²) in [4.78, 5) is 11.5. The van der Waals surface area contributed by atoms with Crippen molar-refractivity contribution in [2.24, 2.45) is 0 Å². The Balaban J connectivity index is 2.55. The Labute approximate surface area is 111 Å². The molecule has 0 heterocycles. The van der Waals surface area contributed by atoms with Gasteiger partial charge in [0.25, 0.3) is 0 Å². The standard InChI is InChI=1S/C15H16O4/c1-9(15(17)19-3)12-6-4-10-8-11(18-2)5-7-13(10)14(12)16/h4-9,16H,1-3H3. The number of hydrogen-bond acceptors (Lipinski definition) is 4. The van der Waals surface area contributed by atoms with E-state index in [2.05, 4.69) is 0 Å². The number of phenols is 1. The van der Waals surface area contributed by atoms with Gasteiger partial charge in [-0.25, -0.2) is 0 Å². The van der Waals surface area contributed by atoms with E-state index in [1.165, 1.54) is 7.11 Å². The van der Waals surface area contributed by atoms with Gasteiger partial charge in [-0.15, -0.1) is 0 Å². The quantitative estimate of drug-likeness (QED) is 0.862. The molecule has 2 aromatic rings. The molecule has 0 bridgehead atoms. The highest BCUT2D eigenvalue weighted by molar-refractivity contribution is 5.92. The third-order valence-electron chi connectivity index (χ3n) is 3.25. The summed E-state index contributed by atoms with van der Waals surface area (Å²) in [5.74, 6) is -0.0432. The molecule has 100 valence electrons. The molecule has 0 saturated heterocycles. The zero-order valence-electron chi connectivity index (χ0n) is 11.1. The van der Waals surface area contributed by atoms with Gasteiger partial charge in [0, 0.05) is 10.9 Å². The molecule has 0 saturated carbocycles. The van der Waals surface area contributed by atoms with Crippen LogP contribution in [-0.2, 0) is 9.53 Å². The Kier molecular flexibility index (Phi) is 3.60. The molecule has 1 unspecified atom stereocenters. The van der Waals surface area contributed by atoms with E-state index in [9.17, 15) is 9.90 Å². The second-order valence-electron chi connectivity index (χ2n) is 4.34. The number of phenolic OH excluding ortho intramolecular Hbond substituents is 1. The number of methoxy groups -OCH3 is 2. The van der Waals surface area contributed by atoms with E-state index >= 15 is 0 Å². The maximum absolute atomic E-state index is 11.5. The van der Waals surface area contributed by atoms with Crippen molar-refractivity contribution in [1.82, 2.24) is 0 Å². The molecule has 0 aliphatic carbocycles. The van der Waals surface area contributed by atoms with Gasteiger partial charge in [-0.1, -0.05) is 12.1 Å². The normalized spacial score (nSPS) is 12.2. The highest BCUT2D eigenvalue weighted by atomic mass is 16.5. The number of esters is 1. The smallest absolute Gasteiger partial charge is 0.312 e. The molecule has 2 aromatic carbocycles. The summed E-state index contributed by atoms with van der Waals surface area (Å²) in [5, 5.41) is 11.8. The van der Waals surface area contributed by atoms with Crippen molar-refractivity contribution >= 4 is 16.7 Å². The fourth-order valence-corrected chi connectivity index (χ4v) is 2.09. The van der Waals surface area contributed by atoms with Crippen LogP contribution in [-0.4, -0.2) is 25.3 Å². The van der Waals surface area contributed by atoms with Crippen molar-refractivity contribution in [2.45, 2.75) is 12.8 Å². The van der Waals surface area contributed by atoms with Gasteiger partial charge in [0.15, 0.2) is 0 Å². The van der Waals surface area contributed by atoms with Crippen molar-refractivity contribution in [3.63, 3.8) is 0 Å². The van der Waals surface area contributed by atoms with Crippen LogP contribution in [0.25, 0.3) is 10.8 Å². The van der Waals surface area contributed by atoms with E-state index in [1.807, 2.05) is 12.1 Å². The lowest BCUT2D eigenvalue weighted by molar-refractivity contribution is -0.142. The highest BCUT2D eigenvalue weighted by Crippen LogP contribution is 2.35. The van der Waals surface area contributed by atoms with Gasteiger partial charge in [-0.2, -0.15) is 0 Å². The number of rotatable bonds is 3. The van der Waals surface area contributed by atoms with Crippen LogP contribution < -0.4 is 4.74 Å². The number of carbonyl (C=O) groups excluding carboxylic acids is 1. The average Bonchev–Trinajstić information content (AvgIpc) is 2.45. The molecule has 0 fully saturated rings. The van der Waals surface area contributed by atoms with Gasteiger partial charge in [-0.05, 0) is 30.5 Å². The molecular weight excluding hydrogens is 244 g/mol. The summed E-state index contributed by atoms with van der Waals surface area (Å²) in [7, 11) is 2.93. The van der Waals surface area contributed by atoms with Crippen molar-refractivity contribution in [3.05, 3.63) is 35.9 Å². The van der Waals surface area contributed by atoms with Crippen LogP contribution in [0.5, 0.6) is 11.5 Å². The molecule has 1 atom stereocenters.